The van der Waals surface area contributed by atoms with Crippen molar-refractivity contribution in [2.45, 2.75) is 39.5 Å². The van der Waals surface area contributed by atoms with Crippen LogP contribution in [0.1, 0.15) is 40.9 Å². The van der Waals surface area contributed by atoms with Crippen molar-refractivity contribution in [1.29, 1.82) is 0 Å². The van der Waals surface area contributed by atoms with Crippen LogP contribution >= 0.6 is 11.3 Å². The molecule has 120 valence electrons. The van der Waals surface area contributed by atoms with Gasteiger partial charge in [-0.3, -0.25) is 0 Å². The third-order valence-electron chi connectivity index (χ3n) is 4.57. The number of aryl methyl sites for hydroxylation is 3. The smallest absolute Gasteiger partial charge is 0.223 e. The maximum Gasteiger partial charge on any atom is 0.223 e. The van der Waals surface area contributed by atoms with Gasteiger partial charge in [0.25, 0.3) is 0 Å². The summed E-state index contributed by atoms with van der Waals surface area (Å²) < 4.78 is 5.15. The fourth-order valence-corrected chi connectivity index (χ4v) is 4.26. The average molecular weight is 329 g/mol. The number of piperidine rings is 1. The van der Waals surface area contributed by atoms with Crippen LogP contribution in [-0.2, 0) is 0 Å². The second-order valence-corrected chi connectivity index (χ2v) is 7.32. The first kappa shape index (κ1) is 14.6. The number of thiophene rings is 1. The summed E-state index contributed by atoms with van der Waals surface area (Å²) in [7, 11) is 0. The zero-order valence-corrected chi connectivity index (χ0v) is 14.4. The van der Waals surface area contributed by atoms with Crippen LogP contribution in [0.15, 0.2) is 10.9 Å². The Balaban J connectivity index is 1.70. The highest BCUT2D eigenvalue weighted by Crippen LogP contribution is 2.36. The van der Waals surface area contributed by atoms with Gasteiger partial charge in [0.2, 0.25) is 5.89 Å². The van der Waals surface area contributed by atoms with E-state index in [0.29, 0.717) is 11.8 Å². The van der Waals surface area contributed by atoms with Crippen molar-refractivity contribution in [3.05, 3.63) is 28.5 Å². The topological polar surface area (TPSA) is 67.9 Å². The number of hydrogen-bond donors (Lipinski definition) is 0. The van der Waals surface area contributed by atoms with Crippen molar-refractivity contribution in [2.24, 2.45) is 0 Å². The van der Waals surface area contributed by atoms with Crippen LogP contribution in [0.4, 0.5) is 5.82 Å². The highest BCUT2D eigenvalue weighted by Gasteiger charge is 2.27. The molecule has 0 aliphatic carbocycles. The van der Waals surface area contributed by atoms with Crippen LogP contribution < -0.4 is 4.90 Å². The zero-order chi connectivity index (χ0) is 16.0. The Morgan fingerprint density at radius 3 is 2.91 bits per heavy atom. The van der Waals surface area contributed by atoms with E-state index in [-0.39, 0.29) is 0 Å². The minimum Gasteiger partial charge on any atom is -0.355 e. The summed E-state index contributed by atoms with van der Waals surface area (Å²) in [6.07, 6.45) is 3.87. The van der Waals surface area contributed by atoms with Gasteiger partial charge in [0, 0.05) is 30.8 Å². The van der Waals surface area contributed by atoms with E-state index in [2.05, 4.69) is 38.9 Å². The molecule has 23 heavy (non-hydrogen) atoms. The number of hydrogen-bond acceptors (Lipinski definition) is 7. The van der Waals surface area contributed by atoms with E-state index in [0.717, 1.165) is 42.4 Å². The van der Waals surface area contributed by atoms with E-state index in [1.807, 2.05) is 6.92 Å². The van der Waals surface area contributed by atoms with Gasteiger partial charge in [-0.25, -0.2) is 9.97 Å². The monoisotopic (exact) mass is 329 g/mol. The molecule has 0 bridgehead atoms. The Kier molecular flexibility index (Phi) is 3.52. The van der Waals surface area contributed by atoms with Gasteiger partial charge in [0.1, 0.15) is 17.0 Å². The van der Waals surface area contributed by atoms with Crippen molar-refractivity contribution in [3.63, 3.8) is 0 Å². The summed E-state index contributed by atoms with van der Waals surface area (Å²) in [4.78, 5) is 18.2. The van der Waals surface area contributed by atoms with Gasteiger partial charge >= 0.3 is 0 Å². The maximum absolute atomic E-state index is 5.15. The van der Waals surface area contributed by atoms with E-state index in [4.69, 9.17) is 4.52 Å². The molecule has 0 aromatic carbocycles. The van der Waals surface area contributed by atoms with E-state index < -0.39 is 0 Å². The molecule has 1 aliphatic rings. The molecular formula is C16H19N5OS. The molecule has 4 heterocycles. The standard InChI is InChI=1S/C16H19N5OS/c1-9-10(2)23-16-13(9)15(17-8-18-16)21-6-4-5-12(7-21)14-19-11(3)22-20-14/h8,12H,4-7H2,1-3H3/t12-/m0/s1. The molecule has 1 saturated heterocycles. The average Bonchev–Trinajstić information content (AvgIpc) is 3.12. The molecular weight excluding hydrogens is 310 g/mol. The molecule has 7 heteroatoms. The zero-order valence-electron chi connectivity index (χ0n) is 13.5. The third-order valence-corrected chi connectivity index (χ3v) is 5.69. The highest BCUT2D eigenvalue weighted by atomic mass is 32.1. The lowest BCUT2D eigenvalue weighted by Crippen LogP contribution is -2.35. The summed E-state index contributed by atoms with van der Waals surface area (Å²) in [5.41, 5.74) is 1.29. The van der Waals surface area contributed by atoms with Gasteiger partial charge in [0.05, 0.1) is 5.39 Å². The molecule has 0 saturated carbocycles. The van der Waals surface area contributed by atoms with Gasteiger partial charge in [-0.1, -0.05) is 5.16 Å². The quantitative estimate of drug-likeness (QED) is 0.718. The van der Waals surface area contributed by atoms with E-state index in [9.17, 15) is 0 Å². The minimum atomic E-state index is 0.297. The highest BCUT2D eigenvalue weighted by molar-refractivity contribution is 7.18. The Bertz CT molecular complexity index is 855. The summed E-state index contributed by atoms with van der Waals surface area (Å²) in [5, 5.41) is 5.30. The number of fused-ring (bicyclic) bond motifs is 1. The predicted octanol–water partition coefficient (Wildman–Crippen LogP) is 3.38. The van der Waals surface area contributed by atoms with Crippen molar-refractivity contribution in [1.82, 2.24) is 20.1 Å². The molecule has 3 aromatic heterocycles. The number of anilines is 1. The summed E-state index contributed by atoms with van der Waals surface area (Å²) >= 11 is 1.74. The third kappa shape index (κ3) is 2.49. The molecule has 0 amide bonds. The molecule has 3 aromatic rings. The first-order chi connectivity index (χ1) is 11.1. The minimum absolute atomic E-state index is 0.297. The van der Waals surface area contributed by atoms with Crippen LogP contribution in [0.3, 0.4) is 0 Å². The lowest BCUT2D eigenvalue weighted by Gasteiger charge is -2.32. The van der Waals surface area contributed by atoms with Crippen molar-refractivity contribution in [2.75, 3.05) is 18.0 Å². The SMILES string of the molecule is Cc1nc([C@H]2CCCN(c3ncnc4sc(C)c(C)c34)C2)no1. The van der Waals surface area contributed by atoms with Crippen molar-refractivity contribution < 1.29 is 4.52 Å². The fraction of sp³-hybridized carbons (Fsp3) is 0.500. The van der Waals surface area contributed by atoms with Crippen LogP contribution in [0.2, 0.25) is 0 Å². The summed E-state index contributed by atoms with van der Waals surface area (Å²) in [5.74, 6) is 2.79. The van der Waals surface area contributed by atoms with Crippen molar-refractivity contribution in [3.8, 4) is 0 Å². The molecule has 0 spiro atoms. The first-order valence-corrected chi connectivity index (χ1v) is 8.71. The second kappa shape index (κ2) is 5.56. The Morgan fingerprint density at radius 2 is 2.13 bits per heavy atom. The van der Waals surface area contributed by atoms with Crippen LogP contribution in [0.25, 0.3) is 10.2 Å². The Hall–Kier alpha value is -2.02. The van der Waals surface area contributed by atoms with Gasteiger partial charge < -0.3 is 9.42 Å². The first-order valence-electron chi connectivity index (χ1n) is 7.89. The second-order valence-electron chi connectivity index (χ2n) is 6.12. The molecule has 0 N–H and O–H groups in total. The van der Waals surface area contributed by atoms with E-state index >= 15 is 0 Å². The molecule has 0 radical (unpaired) electrons. The Morgan fingerprint density at radius 1 is 1.26 bits per heavy atom. The summed E-state index contributed by atoms with van der Waals surface area (Å²) in [6.45, 7) is 8.02. The van der Waals surface area contributed by atoms with E-state index in [1.165, 1.54) is 15.8 Å². The number of nitrogens with zero attached hydrogens (tertiary/aromatic N) is 5. The predicted molar refractivity (Wildman–Crippen MR) is 90.1 cm³/mol. The van der Waals surface area contributed by atoms with E-state index in [1.54, 1.807) is 17.7 Å². The largest absolute Gasteiger partial charge is 0.355 e. The van der Waals surface area contributed by atoms with Gasteiger partial charge in [0.15, 0.2) is 5.82 Å². The summed E-state index contributed by atoms with van der Waals surface area (Å²) in [6, 6.07) is 0. The molecule has 1 fully saturated rings. The number of aromatic nitrogens is 4. The van der Waals surface area contributed by atoms with Crippen LogP contribution in [-0.4, -0.2) is 33.2 Å². The molecule has 4 rings (SSSR count). The van der Waals surface area contributed by atoms with Gasteiger partial charge in [-0.2, -0.15) is 4.98 Å². The van der Waals surface area contributed by atoms with Crippen LogP contribution in [0, 0.1) is 20.8 Å². The normalized spacial score (nSPS) is 18.7. The Labute approximate surface area is 138 Å². The molecule has 0 unspecified atom stereocenters. The lowest BCUT2D eigenvalue weighted by molar-refractivity contribution is 0.377. The maximum atomic E-state index is 5.15. The molecule has 1 aliphatic heterocycles. The van der Waals surface area contributed by atoms with Gasteiger partial charge in [-0.05, 0) is 32.3 Å². The lowest BCUT2D eigenvalue weighted by atomic mass is 9.97. The molecule has 6 nitrogen and oxygen atoms in total. The van der Waals surface area contributed by atoms with Crippen molar-refractivity contribution >= 4 is 27.4 Å². The number of rotatable bonds is 2. The van der Waals surface area contributed by atoms with Crippen LogP contribution in [0.5, 0.6) is 0 Å². The molecule has 1 atom stereocenters. The van der Waals surface area contributed by atoms with Gasteiger partial charge in [-0.15, -0.1) is 11.3 Å². The fourth-order valence-electron chi connectivity index (χ4n) is 3.26.